The topological polar surface area (TPSA) is 66.6 Å². The van der Waals surface area contributed by atoms with Gasteiger partial charge < -0.3 is 5.73 Å². The molecule has 0 aromatic rings. The van der Waals surface area contributed by atoms with Crippen LogP contribution in [0.3, 0.4) is 0 Å². The first-order chi connectivity index (χ1) is 8.52. The van der Waals surface area contributed by atoms with Crippen LogP contribution in [0.5, 0.6) is 0 Å². The summed E-state index contributed by atoms with van der Waals surface area (Å²) in [6.45, 7) is 2.31. The molecule has 0 spiro atoms. The minimum atomic E-state index is -3.29. The monoisotopic (exact) mass is 295 g/mol. The average molecular weight is 295 g/mol. The van der Waals surface area contributed by atoms with E-state index < -0.39 is 10.2 Å². The lowest BCUT2D eigenvalue weighted by molar-refractivity contribution is 0.364. The molecular formula is C11H25N3O2S2. The number of nitrogens with zero attached hydrogens (tertiary/aromatic N) is 2. The molecule has 1 aliphatic heterocycles. The van der Waals surface area contributed by atoms with E-state index in [1.165, 1.54) is 4.31 Å². The molecule has 1 saturated heterocycles. The lowest BCUT2D eigenvalue weighted by atomic mass is 10.2. The van der Waals surface area contributed by atoms with Gasteiger partial charge in [0.15, 0.2) is 0 Å². The van der Waals surface area contributed by atoms with Gasteiger partial charge in [-0.3, -0.25) is 0 Å². The SMILES string of the molecule is CSC1CCCN(S(=O)(=O)N(C)CCCN)CC1. The predicted octanol–water partition coefficient (Wildman–Crippen LogP) is 0.729. The maximum atomic E-state index is 12.3. The van der Waals surface area contributed by atoms with Gasteiger partial charge in [0.25, 0.3) is 10.2 Å². The van der Waals surface area contributed by atoms with Crippen LogP contribution in [0.2, 0.25) is 0 Å². The van der Waals surface area contributed by atoms with Gasteiger partial charge in [-0.25, -0.2) is 0 Å². The van der Waals surface area contributed by atoms with E-state index in [2.05, 4.69) is 6.26 Å². The van der Waals surface area contributed by atoms with Crippen molar-refractivity contribution in [3.63, 3.8) is 0 Å². The molecule has 1 unspecified atom stereocenters. The highest BCUT2D eigenvalue weighted by Gasteiger charge is 2.28. The molecule has 1 fully saturated rings. The highest BCUT2D eigenvalue weighted by atomic mass is 32.2. The Morgan fingerprint density at radius 1 is 1.39 bits per heavy atom. The van der Waals surface area contributed by atoms with Crippen LogP contribution in [0.4, 0.5) is 0 Å². The number of hydrogen-bond donors (Lipinski definition) is 1. The molecule has 0 aliphatic carbocycles. The number of hydrogen-bond acceptors (Lipinski definition) is 4. The maximum absolute atomic E-state index is 12.3. The zero-order valence-corrected chi connectivity index (χ0v) is 13.0. The van der Waals surface area contributed by atoms with Gasteiger partial charge >= 0.3 is 0 Å². The molecule has 0 aromatic carbocycles. The van der Waals surface area contributed by atoms with Crippen molar-refractivity contribution >= 4 is 22.0 Å². The van der Waals surface area contributed by atoms with E-state index in [-0.39, 0.29) is 0 Å². The number of rotatable bonds is 6. The molecule has 0 saturated carbocycles. The summed E-state index contributed by atoms with van der Waals surface area (Å²) in [5.74, 6) is 0. The Morgan fingerprint density at radius 3 is 2.72 bits per heavy atom. The average Bonchev–Trinajstić information content (AvgIpc) is 2.61. The van der Waals surface area contributed by atoms with Crippen molar-refractivity contribution in [1.29, 1.82) is 0 Å². The third-order valence-electron chi connectivity index (χ3n) is 3.36. The first kappa shape index (κ1) is 16.2. The van der Waals surface area contributed by atoms with Crippen molar-refractivity contribution in [3.8, 4) is 0 Å². The van der Waals surface area contributed by atoms with E-state index in [0.717, 1.165) is 19.3 Å². The zero-order chi connectivity index (χ0) is 13.6. The molecule has 1 atom stereocenters. The van der Waals surface area contributed by atoms with Gasteiger partial charge in [0.2, 0.25) is 0 Å². The smallest absolute Gasteiger partial charge is 0.281 e. The summed E-state index contributed by atoms with van der Waals surface area (Å²) < 4.78 is 27.7. The minimum absolute atomic E-state index is 0.501. The van der Waals surface area contributed by atoms with Gasteiger partial charge in [-0.2, -0.15) is 28.8 Å². The van der Waals surface area contributed by atoms with Crippen LogP contribution in [0.25, 0.3) is 0 Å². The van der Waals surface area contributed by atoms with Crippen LogP contribution in [0, 0.1) is 0 Å². The highest BCUT2D eigenvalue weighted by molar-refractivity contribution is 7.99. The molecular weight excluding hydrogens is 270 g/mol. The molecule has 5 nitrogen and oxygen atoms in total. The Balaban J connectivity index is 2.61. The second-order valence-electron chi connectivity index (χ2n) is 4.66. The van der Waals surface area contributed by atoms with Crippen LogP contribution >= 0.6 is 11.8 Å². The van der Waals surface area contributed by atoms with Crippen LogP contribution < -0.4 is 5.73 Å². The summed E-state index contributed by atoms with van der Waals surface area (Å²) in [5.41, 5.74) is 5.42. The fourth-order valence-electron chi connectivity index (χ4n) is 2.13. The summed E-state index contributed by atoms with van der Waals surface area (Å²) in [6, 6.07) is 0. The van der Waals surface area contributed by atoms with E-state index in [4.69, 9.17) is 5.73 Å². The predicted molar refractivity (Wildman–Crippen MR) is 77.9 cm³/mol. The van der Waals surface area contributed by atoms with Crippen molar-refractivity contribution in [2.24, 2.45) is 5.73 Å². The summed E-state index contributed by atoms with van der Waals surface area (Å²) in [5, 5.41) is 0.597. The molecule has 2 N–H and O–H groups in total. The number of thioether (sulfide) groups is 1. The first-order valence-corrected chi connectivity index (χ1v) is 9.15. The zero-order valence-electron chi connectivity index (χ0n) is 11.3. The fraction of sp³-hybridized carbons (Fsp3) is 1.00. The third kappa shape index (κ3) is 4.38. The summed E-state index contributed by atoms with van der Waals surface area (Å²) in [6.07, 6.45) is 5.82. The number of nitrogens with two attached hydrogens (primary N) is 1. The lowest BCUT2D eigenvalue weighted by Gasteiger charge is -2.26. The van der Waals surface area contributed by atoms with Gasteiger partial charge in [-0.1, -0.05) is 0 Å². The van der Waals surface area contributed by atoms with Crippen molar-refractivity contribution in [2.45, 2.75) is 30.9 Å². The van der Waals surface area contributed by atoms with E-state index in [1.54, 1.807) is 11.4 Å². The second-order valence-corrected chi connectivity index (χ2v) is 7.83. The Hall–Kier alpha value is 0.180. The van der Waals surface area contributed by atoms with Gasteiger partial charge in [0.05, 0.1) is 0 Å². The second kappa shape index (κ2) is 7.69. The highest BCUT2D eigenvalue weighted by Crippen LogP contribution is 2.23. The summed E-state index contributed by atoms with van der Waals surface area (Å²) in [7, 11) is -1.65. The van der Waals surface area contributed by atoms with E-state index in [0.29, 0.717) is 37.8 Å². The lowest BCUT2D eigenvalue weighted by Crippen LogP contribution is -2.43. The Morgan fingerprint density at radius 2 is 2.11 bits per heavy atom. The van der Waals surface area contributed by atoms with Crippen LogP contribution in [-0.2, 0) is 10.2 Å². The molecule has 1 heterocycles. The van der Waals surface area contributed by atoms with Gasteiger partial charge in [-0.05, 0) is 38.5 Å². The summed E-state index contributed by atoms with van der Waals surface area (Å²) >= 11 is 1.84. The van der Waals surface area contributed by atoms with Crippen LogP contribution in [-0.4, -0.2) is 61.8 Å². The molecule has 0 aromatic heterocycles. The molecule has 1 aliphatic rings. The van der Waals surface area contributed by atoms with Gasteiger partial charge in [0, 0.05) is 31.9 Å². The van der Waals surface area contributed by atoms with Crippen molar-refractivity contribution in [2.75, 3.05) is 39.5 Å². The molecule has 7 heteroatoms. The van der Waals surface area contributed by atoms with Crippen molar-refractivity contribution in [3.05, 3.63) is 0 Å². The van der Waals surface area contributed by atoms with Crippen molar-refractivity contribution in [1.82, 2.24) is 8.61 Å². The maximum Gasteiger partial charge on any atom is 0.281 e. The van der Waals surface area contributed by atoms with Crippen LogP contribution in [0.15, 0.2) is 0 Å². The molecule has 0 bridgehead atoms. The summed E-state index contributed by atoms with van der Waals surface area (Å²) in [4.78, 5) is 0. The van der Waals surface area contributed by atoms with Gasteiger partial charge in [-0.15, -0.1) is 0 Å². The van der Waals surface area contributed by atoms with Gasteiger partial charge in [0.1, 0.15) is 0 Å². The van der Waals surface area contributed by atoms with E-state index in [9.17, 15) is 8.42 Å². The van der Waals surface area contributed by atoms with E-state index >= 15 is 0 Å². The molecule has 0 radical (unpaired) electrons. The Kier molecular flexibility index (Phi) is 6.94. The third-order valence-corrected chi connectivity index (χ3v) is 6.49. The van der Waals surface area contributed by atoms with E-state index in [1.807, 2.05) is 11.8 Å². The fourth-order valence-corrected chi connectivity index (χ4v) is 4.33. The largest absolute Gasteiger partial charge is 0.330 e. The quantitative estimate of drug-likeness (QED) is 0.784. The first-order valence-electron chi connectivity index (χ1n) is 6.46. The molecule has 1 rings (SSSR count). The standard InChI is InChI=1S/C11H25N3O2S2/c1-13(8-4-7-12)18(15,16)14-9-3-5-11(17-2)6-10-14/h11H,3-10,12H2,1-2H3. The van der Waals surface area contributed by atoms with Crippen molar-refractivity contribution < 1.29 is 8.42 Å². The Labute approximate surface area is 115 Å². The molecule has 0 amide bonds. The molecule has 108 valence electrons. The van der Waals surface area contributed by atoms with Crippen LogP contribution in [0.1, 0.15) is 25.7 Å². The molecule has 18 heavy (non-hydrogen) atoms. The minimum Gasteiger partial charge on any atom is -0.330 e. The Bertz CT molecular complexity index is 335. The normalized spacial score (nSPS) is 23.2.